The molecule has 0 spiro atoms. The Morgan fingerprint density at radius 1 is 1.09 bits per heavy atom. The van der Waals surface area contributed by atoms with Gasteiger partial charge in [-0.25, -0.2) is 4.99 Å². The zero-order valence-corrected chi connectivity index (χ0v) is 13.5. The van der Waals surface area contributed by atoms with E-state index >= 15 is 0 Å². The van der Waals surface area contributed by atoms with Crippen LogP contribution >= 0.6 is 0 Å². The molecule has 1 fully saturated rings. The molecule has 1 saturated carbocycles. The van der Waals surface area contributed by atoms with E-state index in [1.165, 1.54) is 31.2 Å². The van der Waals surface area contributed by atoms with Gasteiger partial charge in [0.25, 0.3) is 0 Å². The van der Waals surface area contributed by atoms with Gasteiger partial charge in [-0.05, 0) is 30.5 Å². The number of hydrogen-bond acceptors (Lipinski definition) is 2. The fraction of sp³-hybridized carbons (Fsp3) is 0.421. The largest absolute Gasteiger partial charge is 0.469 e. The van der Waals surface area contributed by atoms with E-state index in [4.69, 9.17) is 9.41 Å². The minimum atomic E-state index is 0.556. The molecule has 1 aliphatic carbocycles. The predicted molar refractivity (Wildman–Crippen MR) is 93.4 cm³/mol. The molecule has 1 heterocycles. The number of furan rings is 1. The lowest BCUT2D eigenvalue weighted by Crippen LogP contribution is -2.43. The molecular formula is C19H25N3O. The Bertz CT molecular complexity index is 586. The van der Waals surface area contributed by atoms with Crippen LogP contribution in [0.3, 0.4) is 0 Å². The maximum absolute atomic E-state index is 5.38. The number of benzene rings is 1. The van der Waals surface area contributed by atoms with Crippen LogP contribution in [-0.4, -0.2) is 18.5 Å². The molecule has 3 rings (SSSR count). The Morgan fingerprint density at radius 2 is 1.91 bits per heavy atom. The minimum absolute atomic E-state index is 0.556. The summed E-state index contributed by atoms with van der Waals surface area (Å²) in [5, 5.41) is 7.01. The minimum Gasteiger partial charge on any atom is -0.469 e. The van der Waals surface area contributed by atoms with Crippen molar-refractivity contribution in [2.24, 2.45) is 4.99 Å². The first-order valence-corrected chi connectivity index (χ1v) is 8.51. The quantitative estimate of drug-likeness (QED) is 0.634. The summed E-state index contributed by atoms with van der Waals surface area (Å²) in [4.78, 5) is 4.74. The molecule has 0 bridgehead atoms. The van der Waals surface area contributed by atoms with Crippen LogP contribution in [0.4, 0.5) is 0 Å². The first-order chi connectivity index (χ1) is 11.4. The fourth-order valence-electron chi connectivity index (χ4n) is 2.93. The lowest BCUT2D eigenvalue weighted by Gasteiger charge is -2.17. The molecule has 2 aromatic rings. The third-order valence-corrected chi connectivity index (χ3v) is 4.20. The Morgan fingerprint density at radius 3 is 2.65 bits per heavy atom. The summed E-state index contributed by atoms with van der Waals surface area (Å²) in [6.45, 7) is 1.52. The van der Waals surface area contributed by atoms with E-state index in [0.29, 0.717) is 12.6 Å². The van der Waals surface area contributed by atoms with Crippen molar-refractivity contribution in [3.05, 3.63) is 60.1 Å². The highest BCUT2D eigenvalue weighted by Crippen LogP contribution is 2.17. The van der Waals surface area contributed by atoms with Crippen LogP contribution in [0.1, 0.15) is 37.0 Å². The summed E-state index contributed by atoms with van der Waals surface area (Å²) in [5.74, 6) is 1.91. The number of aliphatic imine (C=N–C) groups is 1. The van der Waals surface area contributed by atoms with Crippen molar-refractivity contribution < 1.29 is 4.42 Å². The number of guanidine groups is 1. The molecule has 0 unspecified atom stereocenters. The molecular weight excluding hydrogens is 286 g/mol. The van der Waals surface area contributed by atoms with Crippen LogP contribution in [0.15, 0.2) is 58.1 Å². The topological polar surface area (TPSA) is 49.6 Å². The second-order valence-corrected chi connectivity index (χ2v) is 6.03. The smallest absolute Gasteiger partial charge is 0.191 e. The summed E-state index contributed by atoms with van der Waals surface area (Å²) in [6, 6.07) is 14.9. The zero-order chi connectivity index (χ0) is 15.7. The maximum atomic E-state index is 5.38. The van der Waals surface area contributed by atoms with Gasteiger partial charge in [0.05, 0.1) is 12.8 Å². The molecule has 4 nitrogen and oxygen atoms in total. The first-order valence-electron chi connectivity index (χ1n) is 8.51. The van der Waals surface area contributed by atoms with Gasteiger partial charge in [-0.2, -0.15) is 0 Å². The third kappa shape index (κ3) is 5.16. The van der Waals surface area contributed by atoms with Gasteiger partial charge in [0.1, 0.15) is 5.76 Å². The molecule has 0 atom stereocenters. The van der Waals surface area contributed by atoms with E-state index in [-0.39, 0.29) is 0 Å². The number of nitrogens with one attached hydrogen (secondary N) is 2. The Kier molecular flexibility index (Phi) is 5.73. The predicted octanol–water partition coefficient (Wildman–Crippen LogP) is 3.50. The highest BCUT2D eigenvalue weighted by Gasteiger charge is 2.16. The lowest BCUT2D eigenvalue weighted by atomic mass is 10.2. The van der Waals surface area contributed by atoms with E-state index < -0.39 is 0 Å². The Balaban J connectivity index is 1.55. The molecule has 2 N–H and O–H groups in total. The van der Waals surface area contributed by atoms with E-state index in [2.05, 4.69) is 34.9 Å². The number of nitrogens with zero attached hydrogens (tertiary/aromatic N) is 1. The van der Waals surface area contributed by atoms with Crippen molar-refractivity contribution in [3.8, 4) is 0 Å². The van der Waals surface area contributed by atoms with E-state index in [0.717, 1.165) is 24.7 Å². The van der Waals surface area contributed by atoms with Crippen LogP contribution in [-0.2, 0) is 13.0 Å². The molecule has 4 heteroatoms. The van der Waals surface area contributed by atoms with Crippen LogP contribution in [0.25, 0.3) is 0 Å². The molecule has 0 radical (unpaired) electrons. The average molecular weight is 311 g/mol. The molecule has 0 amide bonds. The van der Waals surface area contributed by atoms with Crippen LogP contribution in [0.2, 0.25) is 0 Å². The summed E-state index contributed by atoms with van der Waals surface area (Å²) >= 11 is 0. The molecule has 23 heavy (non-hydrogen) atoms. The van der Waals surface area contributed by atoms with Crippen LogP contribution < -0.4 is 10.6 Å². The van der Waals surface area contributed by atoms with Gasteiger partial charge in [-0.3, -0.25) is 0 Å². The van der Waals surface area contributed by atoms with E-state index in [9.17, 15) is 0 Å². The Labute approximate surface area is 138 Å². The normalized spacial score (nSPS) is 15.7. The van der Waals surface area contributed by atoms with Crippen molar-refractivity contribution in [2.75, 3.05) is 6.54 Å². The molecule has 1 aliphatic rings. The summed E-state index contributed by atoms with van der Waals surface area (Å²) in [7, 11) is 0. The second kappa shape index (κ2) is 8.42. The first kappa shape index (κ1) is 15.7. The van der Waals surface area contributed by atoms with Crippen molar-refractivity contribution in [1.29, 1.82) is 0 Å². The standard InChI is InChI=1S/C19H25N3O/c1-2-7-16(8-3-1)15-21-19(22-17-9-4-5-10-17)20-13-12-18-11-6-14-23-18/h1-3,6-8,11,14,17H,4-5,9-10,12-13,15H2,(H2,20,21,22). The summed E-state index contributed by atoms with van der Waals surface area (Å²) < 4.78 is 5.38. The Hall–Kier alpha value is -2.23. The molecule has 1 aromatic heterocycles. The molecule has 1 aromatic carbocycles. The maximum Gasteiger partial charge on any atom is 0.191 e. The molecule has 122 valence electrons. The van der Waals surface area contributed by atoms with Crippen LogP contribution in [0.5, 0.6) is 0 Å². The van der Waals surface area contributed by atoms with Crippen molar-refractivity contribution >= 4 is 5.96 Å². The monoisotopic (exact) mass is 311 g/mol. The fourth-order valence-corrected chi connectivity index (χ4v) is 2.93. The van der Waals surface area contributed by atoms with E-state index in [1.54, 1.807) is 6.26 Å². The summed E-state index contributed by atoms with van der Waals surface area (Å²) in [5.41, 5.74) is 1.23. The molecule has 0 aliphatic heterocycles. The number of hydrogen-bond donors (Lipinski definition) is 2. The van der Waals surface area contributed by atoms with Gasteiger partial charge in [0, 0.05) is 19.0 Å². The van der Waals surface area contributed by atoms with Crippen molar-refractivity contribution in [2.45, 2.75) is 44.7 Å². The SMILES string of the molecule is c1ccc(CN=C(NCCc2ccco2)NC2CCCC2)cc1. The third-order valence-electron chi connectivity index (χ3n) is 4.20. The average Bonchev–Trinajstić information content (AvgIpc) is 3.27. The number of rotatable bonds is 6. The van der Waals surface area contributed by atoms with Gasteiger partial charge in [0.15, 0.2) is 5.96 Å². The van der Waals surface area contributed by atoms with Gasteiger partial charge in [0.2, 0.25) is 0 Å². The molecule has 0 saturated heterocycles. The van der Waals surface area contributed by atoms with Gasteiger partial charge >= 0.3 is 0 Å². The van der Waals surface area contributed by atoms with E-state index in [1.807, 2.05) is 18.2 Å². The van der Waals surface area contributed by atoms with Crippen molar-refractivity contribution in [1.82, 2.24) is 10.6 Å². The van der Waals surface area contributed by atoms with Gasteiger partial charge in [-0.15, -0.1) is 0 Å². The lowest BCUT2D eigenvalue weighted by molar-refractivity contribution is 0.506. The second-order valence-electron chi connectivity index (χ2n) is 6.03. The van der Waals surface area contributed by atoms with Crippen molar-refractivity contribution in [3.63, 3.8) is 0 Å². The highest BCUT2D eigenvalue weighted by atomic mass is 16.3. The zero-order valence-electron chi connectivity index (χ0n) is 13.5. The van der Waals surface area contributed by atoms with Crippen LogP contribution in [0, 0.1) is 0 Å². The van der Waals surface area contributed by atoms with Gasteiger partial charge in [-0.1, -0.05) is 43.2 Å². The summed E-state index contributed by atoms with van der Waals surface area (Å²) in [6.07, 6.45) is 7.70. The van der Waals surface area contributed by atoms with Gasteiger partial charge < -0.3 is 15.1 Å². The highest BCUT2D eigenvalue weighted by molar-refractivity contribution is 5.80.